The van der Waals surface area contributed by atoms with Crippen LogP contribution in [0, 0.1) is 0 Å². The molecule has 16 heavy (non-hydrogen) atoms. The maximum absolute atomic E-state index is 10.7. The topological polar surface area (TPSA) is 53.2 Å². The summed E-state index contributed by atoms with van der Waals surface area (Å²) in [7, 11) is 0. The predicted molar refractivity (Wildman–Crippen MR) is 60.8 cm³/mol. The monoisotopic (exact) mass is 216 g/mol. The molecular weight excluding hydrogens is 204 g/mol. The van der Waals surface area contributed by atoms with Gasteiger partial charge >= 0.3 is 0 Å². The van der Waals surface area contributed by atoms with Crippen molar-refractivity contribution in [1.82, 2.24) is 9.88 Å². The van der Waals surface area contributed by atoms with Crippen LogP contribution < -0.4 is 0 Å². The van der Waals surface area contributed by atoms with E-state index in [9.17, 15) is 9.59 Å². The molecule has 4 heteroatoms. The molecule has 2 aromatic rings. The highest BCUT2D eigenvalue weighted by Crippen LogP contribution is 2.18. The van der Waals surface area contributed by atoms with Crippen LogP contribution in [0.5, 0.6) is 0 Å². The van der Waals surface area contributed by atoms with Gasteiger partial charge in [0.15, 0.2) is 0 Å². The van der Waals surface area contributed by atoms with E-state index in [1.54, 1.807) is 0 Å². The third-order valence-corrected chi connectivity index (χ3v) is 2.51. The van der Waals surface area contributed by atoms with Gasteiger partial charge in [-0.3, -0.25) is 4.79 Å². The predicted octanol–water partition coefficient (Wildman–Crippen LogP) is 1.33. The van der Waals surface area contributed by atoms with E-state index in [-0.39, 0.29) is 6.54 Å². The second kappa shape index (κ2) is 4.61. The summed E-state index contributed by atoms with van der Waals surface area (Å²) in [5.74, 6) is 0. The summed E-state index contributed by atoms with van der Waals surface area (Å²) in [6.45, 7) is 0.579. The van der Waals surface area contributed by atoms with Crippen molar-refractivity contribution in [3.63, 3.8) is 0 Å². The first kappa shape index (κ1) is 10.4. The Morgan fingerprint density at radius 2 is 2.06 bits per heavy atom. The number of carbonyl (C=O) groups excluding carboxylic acids is 2. The molecule has 1 heterocycles. The number of nitrogens with zero attached hydrogens (tertiary/aromatic N) is 1. The van der Waals surface area contributed by atoms with Crippen molar-refractivity contribution >= 4 is 23.6 Å². The number of aldehydes is 1. The fourth-order valence-corrected chi connectivity index (χ4v) is 1.72. The lowest BCUT2D eigenvalue weighted by Crippen LogP contribution is -2.23. The quantitative estimate of drug-likeness (QED) is 0.766. The first-order valence-corrected chi connectivity index (χ1v) is 5.03. The Bertz CT molecular complexity index is 504. The van der Waals surface area contributed by atoms with Crippen LogP contribution in [0.3, 0.4) is 0 Å². The number of amides is 1. The third-order valence-electron chi connectivity index (χ3n) is 2.51. The molecule has 0 bridgehead atoms. The molecule has 82 valence electrons. The second-order valence-corrected chi connectivity index (χ2v) is 3.56. The summed E-state index contributed by atoms with van der Waals surface area (Å²) < 4.78 is 0. The van der Waals surface area contributed by atoms with Crippen LogP contribution in [0.15, 0.2) is 30.5 Å². The Hall–Kier alpha value is -2.10. The Morgan fingerprint density at radius 3 is 2.81 bits per heavy atom. The van der Waals surface area contributed by atoms with Crippen molar-refractivity contribution in [3.05, 3.63) is 36.0 Å². The van der Waals surface area contributed by atoms with Gasteiger partial charge in [0.25, 0.3) is 0 Å². The SMILES string of the molecule is O=CCN(C=O)Cc1c[nH]c2ccccc12. The van der Waals surface area contributed by atoms with Crippen LogP contribution in [0.4, 0.5) is 0 Å². The summed E-state index contributed by atoms with van der Waals surface area (Å²) in [5, 5.41) is 1.08. The number of aromatic nitrogens is 1. The number of carbonyl (C=O) groups is 2. The molecule has 0 spiro atoms. The fraction of sp³-hybridized carbons (Fsp3) is 0.167. The highest BCUT2D eigenvalue weighted by Gasteiger charge is 2.06. The van der Waals surface area contributed by atoms with Gasteiger partial charge < -0.3 is 14.7 Å². The molecule has 1 N–H and O–H groups in total. The number of nitrogens with one attached hydrogen (secondary N) is 1. The van der Waals surface area contributed by atoms with Gasteiger partial charge in [0, 0.05) is 23.6 Å². The molecule has 2 rings (SSSR count). The van der Waals surface area contributed by atoms with E-state index in [1.807, 2.05) is 30.5 Å². The molecule has 0 saturated heterocycles. The maximum Gasteiger partial charge on any atom is 0.210 e. The van der Waals surface area contributed by atoms with Crippen molar-refractivity contribution in [2.75, 3.05) is 6.54 Å². The van der Waals surface area contributed by atoms with Gasteiger partial charge in [-0.1, -0.05) is 18.2 Å². The van der Waals surface area contributed by atoms with E-state index < -0.39 is 0 Å². The summed E-state index contributed by atoms with van der Waals surface area (Å²) >= 11 is 0. The largest absolute Gasteiger partial charge is 0.361 e. The molecule has 0 unspecified atom stereocenters. The second-order valence-electron chi connectivity index (χ2n) is 3.56. The van der Waals surface area contributed by atoms with Crippen molar-refractivity contribution in [3.8, 4) is 0 Å². The molecule has 1 amide bonds. The number of hydrogen-bond acceptors (Lipinski definition) is 2. The third kappa shape index (κ3) is 1.95. The van der Waals surface area contributed by atoms with Gasteiger partial charge in [0.1, 0.15) is 6.29 Å². The molecule has 1 aromatic heterocycles. The van der Waals surface area contributed by atoms with Gasteiger partial charge in [0.2, 0.25) is 6.41 Å². The molecule has 1 aromatic carbocycles. The standard InChI is InChI=1S/C12H12N2O2/c15-6-5-14(9-16)8-10-7-13-12-4-2-1-3-11(10)12/h1-4,6-7,9,13H,5,8H2. The van der Waals surface area contributed by atoms with Crippen LogP contribution in [0.1, 0.15) is 5.56 Å². The Morgan fingerprint density at radius 1 is 1.25 bits per heavy atom. The zero-order chi connectivity index (χ0) is 11.4. The lowest BCUT2D eigenvalue weighted by Gasteiger charge is -2.12. The van der Waals surface area contributed by atoms with Gasteiger partial charge in [-0.25, -0.2) is 0 Å². The van der Waals surface area contributed by atoms with Crippen LogP contribution >= 0.6 is 0 Å². The Labute approximate surface area is 92.9 Å². The summed E-state index contributed by atoms with van der Waals surface area (Å²) in [4.78, 5) is 25.6. The highest BCUT2D eigenvalue weighted by molar-refractivity contribution is 5.83. The summed E-state index contributed by atoms with van der Waals surface area (Å²) in [6.07, 6.45) is 3.28. The molecule has 0 radical (unpaired) electrons. The molecular formula is C12H12N2O2. The first-order chi connectivity index (χ1) is 7.85. The van der Waals surface area contributed by atoms with Crippen molar-refractivity contribution < 1.29 is 9.59 Å². The van der Waals surface area contributed by atoms with E-state index in [2.05, 4.69) is 4.98 Å². The highest BCUT2D eigenvalue weighted by atomic mass is 16.1. The smallest absolute Gasteiger partial charge is 0.210 e. The van der Waals surface area contributed by atoms with E-state index >= 15 is 0 Å². The van der Waals surface area contributed by atoms with Gasteiger partial charge in [0.05, 0.1) is 6.54 Å². The Balaban J connectivity index is 2.26. The van der Waals surface area contributed by atoms with Crippen LogP contribution in [-0.4, -0.2) is 29.1 Å². The van der Waals surface area contributed by atoms with E-state index in [0.717, 1.165) is 22.8 Å². The van der Waals surface area contributed by atoms with Gasteiger partial charge in [-0.05, 0) is 11.6 Å². The minimum Gasteiger partial charge on any atom is -0.361 e. The number of benzene rings is 1. The molecule has 0 aliphatic rings. The zero-order valence-corrected chi connectivity index (χ0v) is 8.72. The average Bonchev–Trinajstić information content (AvgIpc) is 2.72. The number of aromatic amines is 1. The summed E-state index contributed by atoms with van der Waals surface area (Å²) in [6, 6.07) is 7.87. The van der Waals surface area contributed by atoms with Crippen molar-refractivity contribution in [2.24, 2.45) is 0 Å². The maximum atomic E-state index is 10.7. The van der Waals surface area contributed by atoms with E-state index in [1.165, 1.54) is 4.90 Å². The minimum absolute atomic E-state index is 0.128. The molecule has 0 aliphatic heterocycles. The average molecular weight is 216 g/mol. The normalized spacial score (nSPS) is 10.2. The first-order valence-electron chi connectivity index (χ1n) is 5.03. The van der Waals surface area contributed by atoms with Crippen molar-refractivity contribution in [2.45, 2.75) is 6.54 Å². The fourth-order valence-electron chi connectivity index (χ4n) is 1.72. The van der Waals surface area contributed by atoms with Crippen molar-refractivity contribution in [1.29, 1.82) is 0 Å². The number of fused-ring (bicyclic) bond motifs is 1. The van der Waals surface area contributed by atoms with E-state index in [0.29, 0.717) is 13.0 Å². The molecule has 0 saturated carbocycles. The Kier molecular flexibility index (Phi) is 3.00. The lowest BCUT2D eigenvalue weighted by atomic mass is 10.2. The molecule has 0 aliphatic carbocycles. The summed E-state index contributed by atoms with van der Waals surface area (Å²) in [5.41, 5.74) is 2.05. The van der Waals surface area contributed by atoms with Gasteiger partial charge in [-0.2, -0.15) is 0 Å². The zero-order valence-electron chi connectivity index (χ0n) is 8.72. The van der Waals surface area contributed by atoms with Gasteiger partial charge in [-0.15, -0.1) is 0 Å². The number of H-pyrrole nitrogens is 1. The van der Waals surface area contributed by atoms with E-state index in [4.69, 9.17) is 0 Å². The number of hydrogen-bond donors (Lipinski definition) is 1. The molecule has 0 atom stereocenters. The van der Waals surface area contributed by atoms with Crippen LogP contribution in [0.25, 0.3) is 10.9 Å². The molecule has 0 fully saturated rings. The minimum atomic E-state index is 0.128. The van der Waals surface area contributed by atoms with Crippen LogP contribution in [0.2, 0.25) is 0 Å². The molecule has 4 nitrogen and oxygen atoms in total. The van der Waals surface area contributed by atoms with Crippen LogP contribution in [-0.2, 0) is 16.1 Å². The number of rotatable bonds is 5. The lowest BCUT2D eigenvalue weighted by molar-refractivity contribution is -0.122. The number of para-hydroxylation sites is 1.